The number of carbonyl (C=O) groups is 2. The Morgan fingerprint density at radius 2 is 1.95 bits per heavy atom. The minimum absolute atomic E-state index is 0.0142. The zero-order chi connectivity index (χ0) is 13.7. The molecule has 2 amide bonds. The van der Waals surface area contributed by atoms with E-state index in [2.05, 4.69) is 5.32 Å². The van der Waals surface area contributed by atoms with Crippen LogP contribution in [0.5, 0.6) is 0 Å². The minimum atomic E-state index is 0.0142. The molecule has 1 saturated carbocycles. The molecular weight excluding hydrogens is 252 g/mol. The second-order valence-electron chi connectivity index (χ2n) is 6.26. The molecule has 1 N–H and O–H groups in total. The van der Waals surface area contributed by atoms with Crippen LogP contribution in [-0.2, 0) is 11.2 Å². The second-order valence-corrected chi connectivity index (χ2v) is 6.26. The monoisotopic (exact) mass is 270 g/mol. The zero-order valence-corrected chi connectivity index (χ0v) is 11.4. The van der Waals surface area contributed by atoms with Crippen molar-refractivity contribution in [2.24, 2.45) is 11.8 Å². The van der Waals surface area contributed by atoms with Gasteiger partial charge >= 0.3 is 0 Å². The van der Waals surface area contributed by atoms with Crippen LogP contribution < -0.4 is 5.32 Å². The van der Waals surface area contributed by atoms with Crippen LogP contribution in [0, 0.1) is 11.8 Å². The van der Waals surface area contributed by atoms with Gasteiger partial charge in [0, 0.05) is 24.3 Å². The maximum Gasteiger partial charge on any atom is 0.253 e. The minimum Gasteiger partial charge on any atom is -0.338 e. The molecular formula is C16H18N2O2. The fourth-order valence-electron chi connectivity index (χ4n) is 3.95. The molecule has 0 bridgehead atoms. The third-order valence-electron chi connectivity index (χ3n) is 4.99. The molecule has 104 valence electrons. The lowest BCUT2D eigenvalue weighted by Crippen LogP contribution is -2.29. The van der Waals surface area contributed by atoms with Crippen molar-refractivity contribution in [3.63, 3.8) is 0 Å². The van der Waals surface area contributed by atoms with Crippen molar-refractivity contribution >= 4 is 17.5 Å². The summed E-state index contributed by atoms with van der Waals surface area (Å²) in [5.74, 6) is 1.58. The van der Waals surface area contributed by atoms with Crippen LogP contribution in [-0.4, -0.2) is 29.8 Å². The normalized spacial score (nSPS) is 27.4. The fourth-order valence-corrected chi connectivity index (χ4v) is 3.95. The lowest BCUT2D eigenvalue weighted by Gasteiger charge is -2.17. The number of hydrogen-bond acceptors (Lipinski definition) is 2. The third kappa shape index (κ3) is 1.82. The number of fused-ring (bicyclic) bond motifs is 2. The first-order valence-electron chi connectivity index (χ1n) is 7.43. The number of rotatable bonds is 1. The van der Waals surface area contributed by atoms with E-state index < -0.39 is 0 Å². The summed E-state index contributed by atoms with van der Waals surface area (Å²) < 4.78 is 0. The first-order valence-corrected chi connectivity index (χ1v) is 7.43. The van der Waals surface area contributed by atoms with Gasteiger partial charge in [-0.05, 0) is 48.4 Å². The van der Waals surface area contributed by atoms with Crippen molar-refractivity contribution < 1.29 is 9.59 Å². The van der Waals surface area contributed by atoms with Crippen LogP contribution in [0.3, 0.4) is 0 Å². The highest BCUT2D eigenvalue weighted by atomic mass is 16.2. The summed E-state index contributed by atoms with van der Waals surface area (Å²) in [6, 6.07) is 5.56. The highest BCUT2D eigenvalue weighted by Crippen LogP contribution is 2.38. The van der Waals surface area contributed by atoms with Gasteiger partial charge in [0.15, 0.2) is 0 Å². The van der Waals surface area contributed by atoms with Gasteiger partial charge in [0.05, 0.1) is 6.42 Å². The Hall–Kier alpha value is -1.84. The Kier molecular flexibility index (Phi) is 2.59. The summed E-state index contributed by atoms with van der Waals surface area (Å²) in [5, 5.41) is 2.80. The maximum atomic E-state index is 12.6. The molecule has 20 heavy (non-hydrogen) atoms. The summed E-state index contributed by atoms with van der Waals surface area (Å²) in [4.78, 5) is 25.9. The number of carbonyl (C=O) groups excluding carboxylic acids is 2. The Balaban J connectivity index is 1.55. The quantitative estimate of drug-likeness (QED) is 0.849. The molecule has 0 radical (unpaired) electrons. The van der Waals surface area contributed by atoms with Gasteiger partial charge in [-0.1, -0.05) is 6.42 Å². The third-order valence-corrected chi connectivity index (χ3v) is 4.99. The Morgan fingerprint density at radius 3 is 2.70 bits per heavy atom. The molecule has 1 aromatic carbocycles. The Bertz CT molecular complexity index is 584. The van der Waals surface area contributed by atoms with Gasteiger partial charge in [-0.25, -0.2) is 0 Å². The largest absolute Gasteiger partial charge is 0.338 e. The molecule has 2 heterocycles. The number of nitrogens with one attached hydrogen (secondary N) is 1. The van der Waals surface area contributed by atoms with Crippen LogP contribution in [0.25, 0.3) is 0 Å². The first kappa shape index (κ1) is 11.9. The molecule has 2 atom stereocenters. The Morgan fingerprint density at radius 1 is 1.20 bits per heavy atom. The zero-order valence-electron chi connectivity index (χ0n) is 11.4. The van der Waals surface area contributed by atoms with Gasteiger partial charge in [-0.2, -0.15) is 0 Å². The summed E-state index contributed by atoms with van der Waals surface area (Å²) in [5.41, 5.74) is 2.52. The lowest BCUT2D eigenvalue weighted by atomic mass is 10.0. The number of hydrogen-bond donors (Lipinski definition) is 1. The van der Waals surface area contributed by atoms with Crippen molar-refractivity contribution in [2.75, 3.05) is 18.4 Å². The van der Waals surface area contributed by atoms with Crippen molar-refractivity contribution in [3.8, 4) is 0 Å². The van der Waals surface area contributed by atoms with Gasteiger partial charge < -0.3 is 10.2 Å². The van der Waals surface area contributed by atoms with E-state index in [9.17, 15) is 9.59 Å². The topological polar surface area (TPSA) is 49.4 Å². The number of anilines is 1. The molecule has 2 fully saturated rings. The van der Waals surface area contributed by atoms with E-state index in [4.69, 9.17) is 0 Å². The molecule has 4 nitrogen and oxygen atoms in total. The highest BCUT2D eigenvalue weighted by Gasteiger charge is 2.38. The van der Waals surface area contributed by atoms with Crippen molar-refractivity contribution in [2.45, 2.75) is 25.7 Å². The lowest BCUT2D eigenvalue weighted by molar-refractivity contribution is -0.115. The van der Waals surface area contributed by atoms with Gasteiger partial charge in [-0.15, -0.1) is 0 Å². The van der Waals surface area contributed by atoms with E-state index in [0.29, 0.717) is 6.42 Å². The van der Waals surface area contributed by atoms with Crippen molar-refractivity contribution in [1.82, 2.24) is 4.90 Å². The summed E-state index contributed by atoms with van der Waals surface area (Å²) in [7, 11) is 0. The highest BCUT2D eigenvalue weighted by molar-refractivity contribution is 6.01. The standard InChI is InChI=1S/C16H18N2O2/c19-15-7-13-6-10(4-5-14(13)17-15)16(20)18-8-11-2-1-3-12(11)9-18/h4-6,11-12H,1-3,7-9H2,(H,17,19). The molecule has 4 rings (SSSR count). The molecule has 0 spiro atoms. The van der Waals surface area contributed by atoms with Crippen LogP contribution in [0.15, 0.2) is 18.2 Å². The molecule has 0 aromatic heterocycles. The van der Waals surface area contributed by atoms with E-state index >= 15 is 0 Å². The van der Waals surface area contributed by atoms with Gasteiger partial charge in [0.2, 0.25) is 5.91 Å². The second kappa shape index (κ2) is 4.33. The van der Waals surface area contributed by atoms with E-state index in [1.165, 1.54) is 19.3 Å². The van der Waals surface area contributed by atoms with Gasteiger partial charge in [-0.3, -0.25) is 9.59 Å². The van der Waals surface area contributed by atoms with E-state index in [1.807, 2.05) is 23.1 Å². The average molecular weight is 270 g/mol. The van der Waals surface area contributed by atoms with E-state index in [-0.39, 0.29) is 11.8 Å². The van der Waals surface area contributed by atoms with Crippen molar-refractivity contribution in [1.29, 1.82) is 0 Å². The van der Waals surface area contributed by atoms with E-state index in [1.54, 1.807) is 0 Å². The number of benzene rings is 1. The molecule has 1 aromatic rings. The molecule has 2 unspecified atom stereocenters. The molecule has 1 saturated heterocycles. The predicted octanol–water partition coefficient (Wildman–Crippen LogP) is 2.05. The first-order chi connectivity index (χ1) is 9.70. The summed E-state index contributed by atoms with van der Waals surface area (Å²) in [6.07, 6.45) is 4.26. The number of amides is 2. The van der Waals surface area contributed by atoms with Crippen LogP contribution >= 0.6 is 0 Å². The summed E-state index contributed by atoms with van der Waals surface area (Å²) >= 11 is 0. The van der Waals surface area contributed by atoms with Crippen molar-refractivity contribution in [3.05, 3.63) is 29.3 Å². The average Bonchev–Trinajstić information content (AvgIpc) is 3.08. The maximum absolute atomic E-state index is 12.6. The number of nitrogens with zero attached hydrogens (tertiary/aromatic N) is 1. The molecule has 4 heteroatoms. The molecule has 1 aliphatic carbocycles. The van der Waals surface area contributed by atoms with Gasteiger partial charge in [0.1, 0.15) is 0 Å². The van der Waals surface area contributed by atoms with Crippen LogP contribution in [0.4, 0.5) is 5.69 Å². The smallest absolute Gasteiger partial charge is 0.253 e. The molecule has 3 aliphatic rings. The number of likely N-dealkylation sites (tertiary alicyclic amines) is 1. The SMILES string of the molecule is O=C1Cc2cc(C(=O)N3CC4CCCC4C3)ccc2N1. The van der Waals surface area contributed by atoms with Gasteiger partial charge in [0.25, 0.3) is 5.91 Å². The van der Waals surface area contributed by atoms with Crippen LogP contribution in [0.1, 0.15) is 35.2 Å². The predicted molar refractivity (Wildman–Crippen MR) is 75.5 cm³/mol. The van der Waals surface area contributed by atoms with E-state index in [0.717, 1.165) is 41.7 Å². The summed E-state index contributed by atoms with van der Waals surface area (Å²) in [6.45, 7) is 1.83. The Labute approximate surface area is 118 Å². The van der Waals surface area contributed by atoms with Crippen LogP contribution in [0.2, 0.25) is 0 Å². The fraction of sp³-hybridized carbons (Fsp3) is 0.500. The molecule has 2 aliphatic heterocycles.